The van der Waals surface area contributed by atoms with Crippen molar-refractivity contribution in [2.24, 2.45) is 5.14 Å². The predicted molar refractivity (Wildman–Crippen MR) is 57.3 cm³/mol. The van der Waals surface area contributed by atoms with Gasteiger partial charge in [0.15, 0.2) is 0 Å². The zero-order valence-corrected chi connectivity index (χ0v) is 9.21. The van der Waals surface area contributed by atoms with Gasteiger partial charge < -0.3 is 0 Å². The van der Waals surface area contributed by atoms with Crippen molar-refractivity contribution in [1.82, 2.24) is 0 Å². The fourth-order valence-electron chi connectivity index (χ4n) is 1.19. The predicted octanol–water partition coefficient (Wildman–Crippen LogP) is 1.30. The summed E-state index contributed by atoms with van der Waals surface area (Å²) in [4.78, 5) is 0. The molecule has 0 fully saturated rings. The maximum absolute atomic E-state index is 11.2. The molecule has 0 spiro atoms. The zero-order valence-electron chi connectivity index (χ0n) is 8.40. The molecule has 0 radical (unpaired) electrons. The van der Waals surface area contributed by atoms with Gasteiger partial charge in [-0.25, -0.2) is 13.6 Å². The fourth-order valence-corrected chi connectivity index (χ4v) is 1.56. The van der Waals surface area contributed by atoms with Crippen molar-refractivity contribution in [3.05, 3.63) is 35.9 Å². The Hall–Kier alpha value is -0.870. The first-order valence-electron chi connectivity index (χ1n) is 4.39. The summed E-state index contributed by atoms with van der Waals surface area (Å²) >= 11 is 0. The maximum atomic E-state index is 11.2. The van der Waals surface area contributed by atoms with Crippen LogP contribution in [0, 0.1) is 0 Å². The van der Waals surface area contributed by atoms with E-state index >= 15 is 0 Å². The summed E-state index contributed by atoms with van der Waals surface area (Å²) in [6.07, 6.45) is 0.437. The number of rotatable bonds is 3. The molecule has 14 heavy (non-hydrogen) atoms. The Kier molecular flexibility index (Phi) is 2.97. The second-order valence-corrected chi connectivity index (χ2v) is 6.16. The van der Waals surface area contributed by atoms with Gasteiger partial charge in [0.25, 0.3) is 0 Å². The van der Waals surface area contributed by atoms with Crippen LogP contribution in [0.3, 0.4) is 0 Å². The molecule has 0 bridgehead atoms. The van der Waals surface area contributed by atoms with Gasteiger partial charge in [0.1, 0.15) is 0 Å². The summed E-state index contributed by atoms with van der Waals surface area (Å²) in [5.74, 6) is 0. The van der Waals surface area contributed by atoms with Gasteiger partial charge in [-0.05, 0) is 25.8 Å². The van der Waals surface area contributed by atoms with Crippen LogP contribution in [-0.4, -0.2) is 13.2 Å². The standard InChI is InChI=1S/C10H15NO2S/c1-10(2,14(11,12)13)8-9-6-4-3-5-7-9/h3-7H,8H2,1-2H3,(H2,11,12,13). The number of nitrogens with two attached hydrogens (primary N) is 1. The van der Waals surface area contributed by atoms with Gasteiger partial charge in [0.05, 0.1) is 4.75 Å². The highest BCUT2D eigenvalue weighted by atomic mass is 32.2. The Bertz CT molecular complexity index is 395. The van der Waals surface area contributed by atoms with E-state index in [0.717, 1.165) is 5.56 Å². The topological polar surface area (TPSA) is 60.2 Å². The van der Waals surface area contributed by atoms with Crippen molar-refractivity contribution >= 4 is 10.0 Å². The zero-order chi connectivity index (χ0) is 10.8. The van der Waals surface area contributed by atoms with Crippen LogP contribution in [0.15, 0.2) is 30.3 Å². The van der Waals surface area contributed by atoms with Crippen molar-refractivity contribution in [1.29, 1.82) is 0 Å². The normalized spacial score (nSPS) is 12.8. The molecule has 0 saturated heterocycles. The highest BCUT2D eigenvalue weighted by Gasteiger charge is 2.30. The minimum absolute atomic E-state index is 0.437. The van der Waals surface area contributed by atoms with Crippen LogP contribution in [-0.2, 0) is 16.4 Å². The summed E-state index contributed by atoms with van der Waals surface area (Å²) in [6.45, 7) is 3.27. The van der Waals surface area contributed by atoms with Gasteiger partial charge in [0.2, 0.25) is 10.0 Å². The van der Waals surface area contributed by atoms with E-state index in [0.29, 0.717) is 6.42 Å². The maximum Gasteiger partial charge on any atom is 0.214 e. The van der Waals surface area contributed by atoms with Gasteiger partial charge in [-0.15, -0.1) is 0 Å². The Morgan fingerprint density at radius 3 is 2.14 bits per heavy atom. The van der Waals surface area contributed by atoms with Crippen LogP contribution in [0.2, 0.25) is 0 Å². The van der Waals surface area contributed by atoms with Crippen molar-refractivity contribution < 1.29 is 8.42 Å². The average molecular weight is 213 g/mol. The molecule has 2 N–H and O–H groups in total. The summed E-state index contributed by atoms with van der Waals surface area (Å²) in [7, 11) is -3.50. The lowest BCUT2D eigenvalue weighted by molar-refractivity contribution is 0.545. The Morgan fingerprint density at radius 1 is 1.21 bits per heavy atom. The van der Waals surface area contributed by atoms with Crippen molar-refractivity contribution in [3.8, 4) is 0 Å². The monoisotopic (exact) mass is 213 g/mol. The summed E-state index contributed by atoms with van der Waals surface area (Å²) in [5, 5.41) is 5.13. The number of hydrogen-bond donors (Lipinski definition) is 1. The quantitative estimate of drug-likeness (QED) is 0.822. The lowest BCUT2D eigenvalue weighted by Gasteiger charge is -2.21. The van der Waals surface area contributed by atoms with Crippen molar-refractivity contribution in [2.75, 3.05) is 0 Å². The Labute approximate surface area is 85.0 Å². The van der Waals surface area contributed by atoms with E-state index in [2.05, 4.69) is 0 Å². The molecule has 0 heterocycles. The van der Waals surface area contributed by atoms with Crippen molar-refractivity contribution in [3.63, 3.8) is 0 Å². The first-order chi connectivity index (χ1) is 6.33. The lowest BCUT2D eigenvalue weighted by atomic mass is 10.0. The molecule has 0 aromatic heterocycles. The SMILES string of the molecule is CC(C)(Cc1ccccc1)S(N)(=O)=O. The van der Waals surface area contributed by atoms with E-state index < -0.39 is 14.8 Å². The van der Waals surface area contributed by atoms with Crippen LogP contribution in [0.1, 0.15) is 19.4 Å². The van der Waals surface area contributed by atoms with Gasteiger partial charge in [-0.3, -0.25) is 0 Å². The number of hydrogen-bond acceptors (Lipinski definition) is 2. The Morgan fingerprint density at radius 2 is 1.71 bits per heavy atom. The molecular formula is C10H15NO2S. The minimum atomic E-state index is -3.50. The van der Waals surface area contributed by atoms with E-state index in [-0.39, 0.29) is 0 Å². The molecule has 78 valence electrons. The molecule has 0 amide bonds. The molecule has 1 rings (SSSR count). The van der Waals surface area contributed by atoms with Crippen LogP contribution in [0.25, 0.3) is 0 Å². The molecule has 0 aliphatic heterocycles. The van der Waals surface area contributed by atoms with E-state index in [1.807, 2.05) is 30.3 Å². The summed E-state index contributed by atoms with van der Waals surface area (Å²) < 4.78 is 21.6. The first-order valence-corrected chi connectivity index (χ1v) is 5.94. The summed E-state index contributed by atoms with van der Waals surface area (Å²) in [6, 6.07) is 9.45. The molecule has 1 aromatic carbocycles. The molecule has 1 aromatic rings. The average Bonchev–Trinajstić information content (AvgIpc) is 2.03. The molecule has 4 heteroatoms. The fraction of sp³-hybridized carbons (Fsp3) is 0.400. The van der Waals surface area contributed by atoms with E-state index in [1.54, 1.807) is 13.8 Å². The molecule has 0 aliphatic rings. The lowest BCUT2D eigenvalue weighted by Crippen LogP contribution is -2.39. The van der Waals surface area contributed by atoms with E-state index in [4.69, 9.17) is 5.14 Å². The van der Waals surface area contributed by atoms with Gasteiger partial charge >= 0.3 is 0 Å². The molecule has 3 nitrogen and oxygen atoms in total. The summed E-state index contributed by atoms with van der Waals surface area (Å²) in [5.41, 5.74) is 0.978. The third kappa shape index (κ3) is 2.56. The second-order valence-electron chi connectivity index (χ2n) is 3.97. The smallest absolute Gasteiger partial charge is 0.214 e. The number of primary sulfonamides is 1. The molecular weight excluding hydrogens is 198 g/mol. The second kappa shape index (κ2) is 3.71. The van der Waals surface area contributed by atoms with Gasteiger partial charge in [0, 0.05) is 0 Å². The highest BCUT2D eigenvalue weighted by Crippen LogP contribution is 2.19. The molecule has 0 atom stereocenters. The van der Waals surface area contributed by atoms with Crippen LogP contribution in [0.4, 0.5) is 0 Å². The highest BCUT2D eigenvalue weighted by molar-refractivity contribution is 7.90. The van der Waals surface area contributed by atoms with E-state index in [1.165, 1.54) is 0 Å². The third-order valence-electron chi connectivity index (χ3n) is 2.24. The van der Waals surface area contributed by atoms with Crippen molar-refractivity contribution in [2.45, 2.75) is 25.0 Å². The molecule has 0 aliphatic carbocycles. The first kappa shape index (κ1) is 11.2. The van der Waals surface area contributed by atoms with Crippen LogP contribution in [0.5, 0.6) is 0 Å². The number of benzene rings is 1. The van der Waals surface area contributed by atoms with Crippen LogP contribution >= 0.6 is 0 Å². The minimum Gasteiger partial charge on any atom is -0.228 e. The van der Waals surface area contributed by atoms with Gasteiger partial charge in [-0.2, -0.15) is 0 Å². The van der Waals surface area contributed by atoms with Crippen LogP contribution < -0.4 is 5.14 Å². The molecule has 0 saturated carbocycles. The largest absolute Gasteiger partial charge is 0.228 e. The molecule has 0 unspecified atom stereocenters. The van der Waals surface area contributed by atoms with E-state index in [9.17, 15) is 8.42 Å². The van der Waals surface area contributed by atoms with Gasteiger partial charge in [-0.1, -0.05) is 30.3 Å². The third-order valence-corrected chi connectivity index (χ3v) is 3.93. The number of sulfonamides is 1. The Balaban J connectivity index is 2.90.